The van der Waals surface area contributed by atoms with Crippen molar-refractivity contribution in [3.63, 3.8) is 0 Å². The molecule has 0 radical (unpaired) electrons. The number of sulfonamides is 1. The maximum Gasteiger partial charge on any atom is 0.251 e. The number of anilines is 1. The van der Waals surface area contributed by atoms with Gasteiger partial charge in [0.25, 0.3) is 5.91 Å². The van der Waals surface area contributed by atoms with Gasteiger partial charge in [-0.05, 0) is 48.7 Å². The van der Waals surface area contributed by atoms with Crippen LogP contribution < -0.4 is 19.5 Å². The molecule has 0 atom stereocenters. The first-order valence-electron chi connectivity index (χ1n) is 8.39. The lowest BCUT2D eigenvalue weighted by molar-refractivity contribution is 0.0953. The number of aryl methyl sites for hydroxylation is 1. The highest BCUT2D eigenvalue weighted by molar-refractivity contribution is 7.92. The molecule has 2 aromatic rings. The third-order valence-corrected chi connectivity index (χ3v) is 4.44. The van der Waals surface area contributed by atoms with E-state index in [2.05, 4.69) is 10.0 Å². The Morgan fingerprint density at radius 3 is 2.26 bits per heavy atom. The molecule has 27 heavy (non-hydrogen) atoms. The van der Waals surface area contributed by atoms with Crippen molar-refractivity contribution >= 4 is 21.6 Å². The highest BCUT2D eigenvalue weighted by atomic mass is 32.2. The molecule has 146 valence electrons. The predicted molar refractivity (Wildman–Crippen MR) is 105 cm³/mol. The van der Waals surface area contributed by atoms with Gasteiger partial charge in [0, 0.05) is 17.8 Å². The van der Waals surface area contributed by atoms with Gasteiger partial charge in [-0.2, -0.15) is 0 Å². The van der Waals surface area contributed by atoms with Crippen LogP contribution in [0.15, 0.2) is 42.5 Å². The monoisotopic (exact) mass is 392 g/mol. The van der Waals surface area contributed by atoms with E-state index in [1.807, 2.05) is 12.1 Å². The molecular weight excluding hydrogens is 368 g/mol. The van der Waals surface area contributed by atoms with Crippen LogP contribution >= 0.6 is 0 Å². The molecule has 0 aromatic heterocycles. The standard InChI is InChI=1S/C19H24N2O5S/c1-25-17-11-8-15(13-18(17)26-2)19(22)20-12-4-5-14-6-9-16(10-7-14)21-27(3,23)24/h6-11,13,21H,4-5,12H2,1-3H3,(H,20,22). The van der Waals surface area contributed by atoms with Gasteiger partial charge in [-0.25, -0.2) is 8.42 Å². The molecule has 0 saturated carbocycles. The third-order valence-electron chi connectivity index (χ3n) is 3.83. The summed E-state index contributed by atoms with van der Waals surface area (Å²) < 4.78 is 35.2. The van der Waals surface area contributed by atoms with Crippen LogP contribution in [0, 0.1) is 0 Å². The molecule has 0 bridgehead atoms. The number of benzene rings is 2. The van der Waals surface area contributed by atoms with Crippen LogP contribution in [0.25, 0.3) is 0 Å². The van der Waals surface area contributed by atoms with E-state index in [9.17, 15) is 13.2 Å². The first-order valence-corrected chi connectivity index (χ1v) is 10.3. The van der Waals surface area contributed by atoms with E-state index in [1.54, 1.807) is 37.4 Å². The van der Waals surface area contributed by atoms with E-state index in [0.29, 0.717) is 29.3 Å². The van der Waals surface area contributed by atoms with Gasteiger partial charge in [-0.1, -0.05) is 12.1 Å². The van der Waals surface area contributed by atoms with E-state index < -0.39 is 10.0 Å². The van der Waals surface area contributed by atoms with E-state index in [1.165, 1.54) is 7.11 Å². The highest BCUT2D eigenvalue weighted by Gasteiger charge is 2.10. The summed E-state index contributed by atoms with van der Waals surface area (Å²) in [6.45, 7) is 0.524. The second kappa shape index (κ2) is 9.27. The Morgan fingerprint density at radius 2 is 1.67 bits per heavy atom. The molecule has 8 heteroatoms. The van der Waals surface area contributed by atoms with Crippen LogP contribution in [-0.4, -0.2) is 41.3 Å². The second-order valence-corrected chi connectivity index (χ2v) is 7.75. The molecule has 0 aliphatic rings. The Hall–Kier alpha value is -2.74. The largest absolute Gasteiger partial charge is 0.493 e. The van der Waals surface area contributed by atoms with Crippen molar-refractivity contribution in [1.29, 1.82) is 0 Å². The van der Waals surface area contributed by atoms with Gasteiger partial charge in [0.15, 0.2) is 11.5 Å². The van der Waals surface area contributed by atoms with Crippen molar-refractivity contribution in [2.75, 3.05) is 31.7 Å². The van der Waals surface area contributed by atoms with Gasteiger partial charge in [0.1, 0.15) is 0 Å². The summed E-state index contributed by atoms with van der Waals surface area (Å²) in [6, 6.07) is 12.2. The lowest BCUT2D eigenvalue weighted by Crippen LogP contribution is -2.24. The van der Waals surface area contributed by atoms with Crippen molar-refractivity contribution in [2.45, 2.75) is 12.8 Å². The van der Waals surface area contributed by atoms with Crippen molar-refractivity contribution < 1.29 is 22.7 Å². The number of methoxy groups -OCH3 is 2. The number of hydrogen-bond donors (Lipinski definition) is 2. The molecule has 2 N–H and O–H groups in total. The molecule has 0 spiro atoms. The van der Waals surface area contributed by atoms with Crippen molar-refractivity contribution in [3.05, 3.63) is 53.6 Å². The summed E-state index contributed by atoms with van der Waals surface area (Å²) >= 11 is 0. The number of hydrogen-bond acceptors (Lipinski definition) is 5. The molecule has 0 saturated heterocycles. The van der Waals surface area contributed by atoms with Crippen LogP contribution in [0.2, 0.25) is 0 Å². The zero-order valence-electron chi connectivity index (χ0n) is 15.6. The third kappa shape index (κ3) is 6.49. The molecular formula is C19H24N2O5S. The average Bonchev–Trinajstić information content (AvgIpc) is 2.64. The zero-order valence-corrected chi connectivity index (χ0v) is 16.4. The second-order valence-electron chi connectivity index (χ2n) is 6.00. The summed E-state index contributed by atoms with van der Waals surface area (Å²) in [6.07, 6.45) is 2.64. The van der Waals surface area contributed by atoms with Crippen molar-refractivity contribution in [1.82, 2.24) is 5.32 Å². The molecule has 0 unspecified atom stereocenters. The topological polar surface area (TPSA) is 93.7 Å². The summed E-state index contributed by atoms with van der Waals surface area (Å²) in [5.41, 5.74) is 2.10. The molecule has 0 aliphatic heterocycles. The smallest absolute Gasteiger partial charge is 0.251 e. The average molecular weight is 392 g/mol. The van der Waals surface area contributed by atoms with Crippen LogP contribution in [0.1, 0.15) is 22.3 Å². The molecule has 2 rings (SSSR count). The fourth-order valence-corrected chi connectivity index (χ4v) is 3.09. The van der Waals surface area contributed by atoms with Crippen LogP contribution in [0.4, 0.5) is 5.69 Å². The number of nitrogens with one attached hydrogen (secondary N) is 2. The SMILES string of the molecule is COc1ccc(C(=O)NCCCc2ccc(NS(C)(=O)=O)cc2)cc1OC. The van der Waals surface area contributed by atoms with E-state index in [4.69, 9.17) is 9.47 Å². The van der Waals surface area contributed by atoms with E-state index in [-0.39, 0.29) is 5.91 Å². The predicted octanol–water partition coefficient (Wildman–Crippen LogP) is 2.44. The van der Waals surface area contributed by atoms with Crippen LogP contribution in [0.3, 0.4) is 0 Å². The maximum atomic E-state index is 12.2. The molecule has 0 fully saturated rings. The molecule has 7 nitrogen and oxygen atoms in total. The lowest BCUT2D eigenvalue weighted by Gasteiger charge is -2.10. The Balaban J connectivity index is 1.82. The number of rotatable bonds is 9. The number of carbonyl (C=O) groups is 1. The maximum absolute atomic E-state index is 12.2. The van der Waals surface area contributed by atoms with Crippen LogP contribution in [-0.2, 0) is 16.4 Å². The number of carbonyl (C=O) groups excluding carboxylic acids is 1. The van der Waals surface area contributed by atoms with Gasteiger partial charge in [0.2, 0.25) is 10.0 Å². The number of ether oxygens (including phenoxy) is 2. The normalized spacial score (nSPS) is 10.9. The summed E-state index contributed by atoms with van der Waals surface area (Å²) in [4.78, 5) is 12.2. The van der Waals surface area contributed by atoms with Crippen molar-refractivity contribution in [3.8, 4) is 11.5 Å². The Morgan fingerprint density at radius 1 is 1.00 bits per heavy atom. The van der Waals surface area contributed by atoms with E-state index in [0.717, 1.165) is 24.7 Å². The van der Waals surface area contributed by atoms with Crippen molar-refractivity contribution in [2.24, 2.45) is 0 Å². The quantitative estimate of drug-likeness (QED) is 0.639. The lowest BCUT2D eigenvalue weighted by atomic mass is 10.1. The van der Waals surface area contributed by atoms with Gasteiger partial charge >= 0.3 is 0 Å². The first-order chi connectivity index (χ1) is 12.8. The highest BCUT2D eigenvalue weighted by Crippen LogP contribution is 2.27. The van der Waals surface area contributed by atoms with Gasteiger partial charge < -0.3 is 14.8 Å². The Bertz CT molecular complexity index is 879. The molecule has 0 aliphatic carbocycles. The van der Waals surface area contributed by atoms with E-state index >= 15 is 0 Å². The molecule has 2 aromatic carbocycles. The Labute approximate surface area is 159 Å². The minimum Gasteiger partial charge on any atom is -0.493 e. The number of amides is 1. The van der Waals surface area contributed by atoms with Gasteiger partial charge in [-0.15, -0.1) is 0 Å². The summed E-state index contributed by atoms with van der Waals surface area (Å²) in [5, 5.41) is 2.87. The van der Waals surface area contributed by atoms with Gasteiger partial charge in [0.05, 0.1) is 20.5 Å². The first kappa shape index (κ1) is 20.6. The molecule has 0 heterocycles. The minimum atomic E-state index is -3.27. The molecule has 1 amide bonds. The Kier molecular flexibility index (Phi) is 7.06. The fourth-order valence-electron chi connectivity index (χ4n) is 2.53. The summed E-state index contributed by atoms with van der Waals surface area (Å²) in [5.74, 6) is 0.902. The minimum absolute atomic E-state index is 0.177. The fraction of sp³-hybridized carbons (Fsp3) is 0.316. The van der Waals surface area contributed by atoms with Gasteiger partial charge in [-0.3, -0.25) is 9.52 Å². The van der Waals surface area contributed by atoms with Crippen LogP contribution in [0.5, 0.6) is 11.5 Å². The summed E-state index contributed by atoms with van der Waals surface area (Å²) in [7, 11) is -0.204. The zero-order chi connectivity index (χ0) is 19.9.